The van der Waals surface area contributed by atoms with Gasteiger partial charge in [-0.05, 0) is 80.7 Å². The van der Waals surface area contributed by atoms with E-state index in [0.717, 1.165) is 0 Å². The SMILES string of the molecule is COc1ccc(C=O)cc1-c1cc(C)c(O)c2c1C[C@H]1C[C@H]3[C@H](N(C)C)C(O)=C(C(N)=O)C(=O)[C@@]3(O)C(O)=C1C2=O. The number of ketones is 2. The second kappa shape index (κ2) is 9.57. The lowest BCUT2D eigenvalue weighted by molar-refractivity contribution is -0.148. The Kier molecular flexibility index (Phi) is 6.55. The second-order valence-electron chi connectivity index (χ2n) is 11.0. The number of aliphatic hydroxyl groups is 3. The van der Waals surface area contributed by atoms with E-state index in [2.05, 4.69) is 0 Å². The Hall–Kier alpha value is -4.48. The van der Waals surface area contributed by atoms with E-state index >= 15 is 0 Å². The smallest absolute Gasteiger partial charge is 0.255 e. The van der Waals surface area contributed by atoms with Gasteiger partial charge in [0.05, 0.1) is 18.7 Å². The molecular weight excluding hydrogens is 532 g/mol. The number of phenolic OH excluding ortho intramolecular Hbond substituents is 1. The fourth-order valence-electron chi connectivity index (χ4n) is 6.70. The summed E-state index contributed by atoms with van der Waals surface area (Å²) >= 11 is 0. The summed E-state index contributed by atoms with van der Waals surface area (Å²) in [4.78, 5) is 52.7. The second-order valence-corrected chi connectivity index (χ2v) is 11.0. The summed E-state index contributed by atoms with van der Waals surface area (Å²) in [7, 11) is 4.60. The zero-order valence-electron chi connectivity index (χ0n) is 22.9. The largest absolute Gasteiger partial charge is 0.510 e. The van der Waals surface area contributed by atoms with Gasteiger partial charge in [0.25, 0.3) is 5.91 Å². The van der Waals surface area contributed by atoms with Crippen LogP contribution < -0.4 is 10.5 Å². The molecule has 0 saturated carbocycles. The van der Waals surface area contributed by atoms with Gasteiger partial charge in [0.2, 0.25) is 5.78 Å². The minimum atomic E-state index is -2.71. The fourth-order valence-corrected chi connectivity index (χ4v) is 6.70. The number of phenols is 1. The van der Waals surface area contributed by atoms with Crippen LogP contribution in [0.2, 0.25) is 0 Å². The predicted octanol–water partition coefficient (Wildman–Crippen LogP) is 1.92. The van der Waals surface area contributed by atoms with Crippen LogP contribution in [0.1, 0.15) is 38.3 Å². The summed E-state index contributed by atoms with van der Waals surface area (Å²) < 4.78 is 5.53. The molecule has 0 aromatic heterocycles. The van der Waals surface area contributed by atoms with Crippen molar-refractivity contribution in [3.05, 3.63) is 69.2 Å². The first-order valence-corrected chi connectivity index (χ1v) is 12.9. The minimum absolute atomic E-state index is 0.0364. The Morgan fingerprint density at radius 2 is 1.83 bits per heavy atom. The Morgan fingerprint density at radius 1 is 1.15 bits per heavy atom. The highest BCUT2D eigenvalue weighted by atomic mass is 16.5. The third kappa shape index (κ3) is 3.80. The normalized spacial score (nSPS) is 25.6. The Labute approximate surface area is 235 Å². The topological polar surface area (TPSA) is 188 Å². The van der Waals surface area contributed by atoms with Gasteiger partial charge in [-0.1, -0.05) is 0 Å². The minimum Gasteiger partial charge on any atom is -0.510 e. The lowest BCUT2D eigenvalue weighted by Crippen LogP contribution is -2.63. The molecule has 5 rings (SSSR count). The molecule has 214 valence electrons. The van der Waals surface area contributed by atoms with Crippen LogP contribution in [0.4, 0.5) is 0 Å². The van der Waals surface area contributed by atoms with E-state index in [9.17, 15) is 39.6 Å². The van der Waals surface area contributed by atoms with Crippen molar-refractivity contribution >= 4 is 23.8 Å². The summed E-state index contributed by atoms with van der Waals surface area (Å²) in [5.41, 5.74) is 3.63. The van der Waals surface area contributed by atoms with E-state index < -0.39 is 58.0 Å². The first kappa shape index (κ1) is 28.1. The molecule has 0 aliphatic heterocycles. The van der Waals surface area contributed by atoms with Crippen LogP contribution >= 0.6 is 0 Å². The number of aliphatic hydroxyl groups excluding tert-OH is 2. The average Bonchev–Trinajstić information content (AvgIpc) is 2.91. The van der Waals surface area contributed by atoms with E-state index in [1.807, 2.05) is 0 Å². The fraction of sp³-hybridized carbons (Fsp3) is 0.333. The summed E-state index contributed by atoms with van der Waals surface area (Å²) in [5, 5.41) is 45.2. The molecule has 4 atom stereocenters. The number of likely N-dealkylation sites (N-methyl/N-ethyl adjacent to an activating group) is 1. The number of primary amides is 1. The van der Waals surface area contributed by atoms with Gasteiger partial charge in [0, 0.05) is 22.6 Å². The molecule has 0 fully saturated rings. The highest BCUT2D eigenvalue weighted by Gasteiger charge is 2.63. The zero-order valence-corrected chi connectivity index (χ0v) is 22.9. The highest BCUT2D eigenvalue weighted by molar-refractivity contribution is 6.25. The maximum absolute atomic E-state index is 14.1. The molecule has 6 N–H and O–H groups in total. The molecule has 1 amide bonds. The van der Waals surface area contributed by atoms with Crippen molar-refractivity contribution in [3.63, 3.8) is 0 Å². The van der Waals surface area contributed by atoms with Gasteiger partial charge in [0.15, 0.2) is 11.4 Å². The molecule has 41 heavy (non-hydrogen) atoms. The molecule has 0 unspecified atom stereocenters. The molecule has 0 radical (unpaired) electrons. The van der Waals surface area contributed by atoms with Gasteiger partial charge in [-0.3, -0.25) is 24.1 Å². The van der Waals surface area contributed by atoms with Crippen molar-refractivity contribution in [1.29, 1.82) is 0 Å². The number of fused-ring (bicyclic) bond motifs is 3. The number of ether oxygens (including phenoxy) is 1. The summed E-state index contributed by atoms with van der Waals surface area (Å²) in [6.45, 7) is 1.59. The highest BCUT2D eigenvalue weighted by Crippen LogP contribution is 2.53. The molecule has 0 bridgehead atoms. The number of hydrogen-bond donors (Lipinski definition) is 5. The first-order valence-electron chi connectivity index (χ1n) is 12.9. The number of nitrogens with zero attached hydrogens (tertiary/aromatic N) is 1. The van der Waals surface area contributed by atoms with E-state index in [4.69, 9.17) is 10.5 Å². The third-order valence-corrected chi connectivity index (χ3v) is 8.56. The van der Waals surface area contributed by atoms with Crippen LogP contribution in [0.5, 0.6) is 11.5 Å². The van der Waals surface area contributed by atoms with Crippen molar-refractivity contribution in [1.82, 2.24) is 4.90 Å². The molecule has 11 nitrogen and oxygen atoms in total. The Morgan fingerprint density at radius 3 is 2.41 bits per heavy atom. The third-order valence-electron chi connectivity index (χ3n) is 8.56. The molecule has 2 aromatic rings. The maximum atomic E-state index is 14.1. The van der Waals surface area contributed by atoms with E-state index in [1.54, 1.807) is 45.3 Å². The lowest BCUT2D eigenvalue weighted by Gasteiger charge is -2.50. The maximum Gasteiger partial charge on any atom is 0.255 e. The number of hydrogen-bond acceptors (Lipinski definition) is 10. The van der Waals surface area contributed by atoms with Gasteiger partial charge in [-0.15, -0.1) is 0 Å². The monoisotopic (exact) mass is 562 g/mol. The summed E-state index contributed by atoms with van der Waals surface area (Å²) in [5.74, 6) is -6.70. The Bertz CT molecular complexity index is 1620. The van der Waals surface area contributed by atoms with Crippen LogP contribution in [0.25, 0.3) is 11.1 Å². The molecule has 0 spiro atoms. The van der Waals surface area contributed by atoms with Crippen molar-refractivity contribution in [2.45, 2.75) is 31.4 Å². The van der Waals surface area contributed by atoms with E-state index in [0.29, 0.717) is 39.9 Å². The van der Waals surface area contributed by atoms with Crippen LogP contribution in [0.3, 0.4) is 0 Å². The predicted molar refractivity (Wildman–Crippen MR) is 146 cm³/mol. The Balaban J connectivity index is 1.77. The number of carbonyl (C=O) groups excluding carboxylic acids is 4. The van der Waals surface area contributed by atoms with Crippen LogP contribution in [-0.2, 0) is 16.0 Å². The summed E-state index contributed by atoms with van der Waals surface area (Å²) in [6, 6.07) is 5.42. The summed E-state index contributed by atoms with van der Waals surface area (Å²) in [6.07, 6.45) is 0.744. The van der Waals surface area contributed by atoms with Crippen molar-refractivity contribution in [2.24, 2.45) is 17.6 Å². The number of aldehydes is 1. The number of carbonyl (C=O) groups is 4. The van der Waals surface area contributed by atoms with Gasteiger partial charge in [0.1, 0.15) is 34.9 Å². The zero-order chi connectivity index (χ0) is 30.1. The number of benzene rings is 2. The molecule has 0 saturated heterocycles. The number of aryl methyl sites for hydroxylation is 1. The molecular formula is C30H30N2O9. The van der Waals surface area contributed by atoms with Gasteiger partial charge in [-0.2, -0.15) is 0 Å². The molecule has 3 aliphatic rings. The number of allylic oxidation sites excluding steroid dienone is 1. The number of amides is 1. The molecule has 2 aromatic carbocycles. The number of rotatable bonds is 5. The molecule has 11 heteroatoms. The average molecular weight is 563 g/mol. The molecule has 3 aliphatic carbocycles. The van der Waals surface area contributed by atoms with Crippen LogP contribution in [0, 0.1) is 18.8 Å². The van der Waals surface area contributed by atoms with Crippen molar-refractivity contribution in [2.75, 3.05) is 21.2 Å². The van der Waals surface area contributed by atoms with Crippen molar-refractivity contribution < 1.29 is 44.3 Å². The van der Waals surface area contributed by atoms with Crippen LogP contribution in [0.15, 0.2) is 46.9 Å². The van der Waals surface area contributed by atoms with Gasteiger partial charge >= 0.3 is 0 Å². The van der Waals surface area contributed by atoms with E-state index in [-0.39, 0.29) is 29.7 Å². The standard InChI is InChI=1S/C30H30N2O9/c1-12-7-15(16-8-13(11-33)5-6-19(16)41-4)17-9-14-10-18-23(32(2)3)26(36)22(29(31)39)28(38)30(18,40)27(37)20(14)25(35)21(17)24(12)34/h5-8,11,14,18,23,34,36-37,40H,9-10H2,1-4H3,(H2,31,39)/t14-,18-,23-,30-/m0/s1. The number of methoxy groups -OCH3 is 1. The van der Waals surface area contributed by atoms with Crippen molar-refractivity contribution in [3.8, 4) is 22.6 Å². The number of Topliss-reactive ketones (excluding diaryl/α,β-unsaturated/α-hetero) is 2. The van der Waals surface area contributed by atoms with E-state index in [1.165, 1.54) is 12.0 Å². The van der Waals surface area contributed by atoms with Crippen LogP contribution in [-0.4, -0.2) is 81.9 Å². The first-order chi connectivity index (χ1) is 19.3. The quantitative estimate of drug-likeness (QED) is 0.266. The number of aromatic hydroxyl groups is 1. The lowest BCUT2D eigenvalue weighted by atomic mass is 9.58. The number of nitrogens with two attached hydrogens (primary N) is 1. The van der Waals surface area contributed by atoms with Gasteiger partial charge in [-0.25, -0.2) is 0 Å². The molecule has 0 heterocycles. The van der Waals surface area contributed by atoms with Gasteiger partial charge < -0.3 is 30.9 Å².